The van der Waals surface area contributed by atoms with E-state index in [0.29, 0.717) is 17.9 Å². The molecule has 1 aliphatic heterocycles. The Morgan fingerprint density at radius 3 is 3.06 bits per heavy atom. The van der Waals surface area contributed by atoms with Gasteiger partial charge in [0.2, 0.25) is 0 Å². The van der Waals surface area contributed by atoms with Crippen LogP contribution in [-0.2, 0) is 11.3 Å². The summed E-state index contributed by atoms with van der Waals surface area (Å²) in [6.45, 7) is 2.55. The van der Waals surface area contributed by atoms with Crippen molar-refractivity contribution in [1.29, 1.82) is 5.26 Å². The van der Waals surface area contributed by atoms with E-state index in [1.54, 1.807) is 7.11 Å². The minimum atomic E-state index is 0.284. The number of benzene rings is 1. The Kier molecular flexibility index (Phi) is 4.57. The fourth-order valence-electron chi connectivity index (χ4n) is 2.11. The van der Waals surface area contributed by atoms with Crippen molar-refractivity contribution in [3.05, 3.63) is 29.3 Å². The Labute approximate surface area is 108 Å². The van der Waals surface area contributed by atoms with Gasteiger partial charge in [0, 0.05) is 6.54 Å². The Balaban J connectivity index is 1.95. The number of hydrogen-bond acceptors (Lipinski definition) is 4. The van der Waals surface area contributed by atoms with Gasteiger partial charge in [0.25, 0.3) is 0 Å². The fourth-order valence-corrected chi connectivity index (χ4v) is 2.11. The molecule has 0 bridgehead atoms. The molecule has 1 saturated heterocycles. The standard InChI is InChI=1S/C14H18N2O2/c1-17-14-5-4-11(7-12(14)8-15)10-18-13-3-2-6-16-9-13/h4-5,7,13,16H,2-3,6,9-10H2,1H3/t13-/m0/s1. The largest absolute Gasteiger partial charge is 0.495 e. The number of piperidine rings is 1. The van der Waals surface area contributed by atoms with E-state index in [9.17, 15) is 0 Å². The van der Waals surface area contributed by atoms with E-state index >= 15 is 0 Å². The SMILES string of the molecule is COc1ccc(CO[C@H]2CCCNC2)cc1C#N. The third-order valence-corrected chi connectivity index (χ3v) is 3.12. The second kappa shape index (κ2) is 6.39. The first-order chi connectivity index (χ1) is 8.83. The lowest BCUT2D eigenvalue weighted by Crippen LogP contribution is -2.35. The maximum Gasteiger partial charge on any atom is 0.136 e. The molecule has 1 aromatic rings. The average Bonchev–Trinajstić information content (AvgIpc) is 2.45. The molecule has 1 N–H and O–H groups in total. The number of methoxy groups -OCH3 is 1. The maximum atomic E-state index is 9.01. The zero-order valence-electron chi connectivity index (χ0n) is 10.6. The van der Waals surface area contributed by atoms with E-state index in [0.717, 1.165) is 31.5 Å². The number of hydrogen-bond donors (Lipinski definition) is 1. The van der Waals surface area contributed by atoms with Crippen LogP contribution in [0.3, 0.4) is 0 Å². The molecule has 18 heavy (non-hydrogen) atoms. The van der Waals surface area contributed by atoms with Crippen molar-refractivity contribution in [2.24, 2.45) is 0 Å². The first-order valence-corrected chi connectivity index (χ1v) is 6.23. The Bertz CT molecular complexity index is 434. The van der Waals surface area contributed by atoms with Gasteiger partial charge in [-0.2, -0.15) is 5.26 Å². The first kappa shape index (κ1) is 12.9. The molecule has 96 valence electrons. The quantitative estimate of drug-likeness (QED) is 0.880. The summed E-state index contributed by atoms with van der Waals surface area (Å²) in [5, 5.41) is 12.3. The number of nitrogens with zero attached hydrogens (tertiary/aromatic N) is 1. The van der Waals surface area contributed by atoms with Crippen molar-refractivity contribution >= 4 is 0 Å². The van der Waals surface area contributed by atoms with Crippen LogP contribution in [-0.4, -0.2) is 26.3 Å². The first-order valence-electron chi connectivity index (χ1n) is 6.23. The lowest BCUT2D eigenvalue weighted by Gasteiger charge is -2.23. The molecule has 0 unspecified atom stereocenters. The molecule has 0 aromatic heterocycles. The molecule has 2 rings (SSSR count). The van der Waals surface area contributed by atoms with Gasteiger partial charge in [-0.05, 0) is 37.1 Å². The molecular formula is C14H18N2O2. The minimum absolute atomic E-state index is 0.284. The summed E-state index contributed by atoms with van der Waals surface area (Å²) in [6, 6.07) is 7.72. The third kappa shape index (κ3) is 3.22. The van der Waals surface area contributed by atoms with Crippen LogP contribution in [0.4, 0.5) is 0 Å². The normalized spacial score (nSPS) is 19.2. The minimum Gasteiger partial charge on any atom is -0.495 e. The van der Waals surface area contributed by atoms with Crippen LogP contribution in [0, 0.1) is 11.3 Å². The molecule has 1 aliphatic rings. The summed E-state index contributed by atoms with van der Waals surface area (Å²) in [5.74, 6) is 0.612. The zero-order valence-corrected chi connectivity index (χ0v) is 10.6. The Hall–Kier alpha value is -1.57. The summed E-state index contributed by atoms with van der Waals surface area (Å²) in [6.07, 6.45) is 2.55. The second-order valence-corrected chi connectivity index (χ2v) is 4.43. The van der Waals surface area contributed by atoms with Gasteiger partial charge in [-0.3, -0.25) is 0 Å². The smallest absolute Gasteiger partial charge is 0.136 e. The van der Waals surface area contributed by atoms with Crippen LogP contribution in [0.2, 0.25) is 0 Å². The average molecular weight is 246 g/mol. The molecule has 1 aromatic carbocycles. The van der Waals surface area contributed by atoms with Crippen LogP contribution in [0.25, 0.3) is 0 Å². The molecular weight excluding hydrogens is 228 g/mol. The molecule has 0 spiro atoms. The van der Waals surface area contributed by atoms with E-state index in [1.165, 1.54) is 0 Å². The monoisotopic (exact) mass is 246 g/mol. The molecule has 1 atom stereocenters. The third-order valence-electron chi connectivity index (χ3n) is 3.12. The highest BCUT2D eigenvalue weighted by atomic mass is 16.5. The van der Waals surface area contributed by atoms with E-state index in [1.807, 2.05) is 18.2 Å². The molecule has 0 amide bonds. The van der Waals surface area contributed by atoms with Gasteiger partial charge in [-0.15, -0.1) is 0 Å². The van der Waals surface area contributed by atoms with Crippen molar-refractivity contribution in [3.8, 4) is 11.8 Å². The number of rotatable bonds is 4. The Morgan fingerprint density at radius 1 is 1.50 bits per heavy atom. The van der Waals surface area contributed by atoms with Crippen molar-refractivity contribution in [2.45, 2.75) is 25.6 Å². The molecule has 1 fully saturated rings. The summed E-state index contributed by atoms with van der Waals surface area (Å²) < 4.78 is 10.9. The van der Waals surface area contributed by atoms with Gasteiger partial charge in [0.05, 0.1) is 25.4 Å². The van der Waals surface area contributed by atoms with E-state index < -0.39 is 0 Å². The van der Waals surface area contributed by atoms with Crippen molar-refractivity contribution in [1.82, 2.24) is 5.32 Å². The number of nitrogens with one attached hydrogen (secondary N) is 1. The summed E-state index contributed by atoms with van der Waals surface area (Å²) >= 11 is 0. The highest BCUT2D eigenvalue weighted by Crippen LogP contribution is 2.20. The highest BCUT2D eigenvalue weighted by molar-refractivity contribution is 5.45. The number of ether oxygens (including phenoxy) is 2. The highest BCUT2D eigenvalue weighted by Gasteiger charge is 2.13. The summed E-state index contributed by atoms with van der Waals surface area (Å²) in [5.41, 5.74) is 1.57. The van der Waals surface area contributed by atoms with Crippen LogP contribution < -0.4 is 10.1 Å². The molecule has 4 heteroatoms. The van der Waals surface area contributed by atoms with Crippen molar-refractivity contribution in [3.63, 3.8) is 0 Å². The molecule has 1 heterocycles. The maximum absolute atomic E-state index is 9.01. The van der Waals surface area contributed by atoms with Gasteiger partial charge < -0.3 is 14.8 Å². The molecule has 0 saturated carbocycles. The van der Waals surface area contributed by atoms with Crippen LogP contribution in [0.15, 0.2) is 18.2 Å². The van der Waals surface area contributed by atoms with E-state index in [4.69, 9.17) is 14.7 Å². The van der Waals surface area contributed by atoms with Gasteiger partial charge >= 0.3 is 0 Å². The lowest BCUT2D eigenvalue weighted by molar-refractivity contribution is 0.0253. The number of nitriles is 1. The fraction of sp³-hybridized carbons (Fsp3) is 0.500. The van der Waals surface area contributed by atoms with Gasteiger partial charge in [0.1, 0.15) is 11.8 Å². The van der Waals surface area contributed by atoms with Crippen molar-refractivity contribution in [2.75, 3.05) is 20.2 Å². The molecule has 0 radical (unpaired) electrons. The Morgan fingerprint density at radius 2 is 2.39 bits per heavy atom. The lowest BCUT2D eigenvalue weighted by atomic mass is 10.1. The van der Waals surface area contributed by atoms with E-state index in [2.05, 4.69) is 11.4 Å². The van der Waals surface area contributed by atoms with Crippen molar-refractivity contribution < 1.29 is 9.47 Å². The predicted molar refractivity (Wildman–Crippen MR) is 68.4 cm³/mol. The van der Waals surface area contributed by atoms with Crippen LogP contribution in [0.1, 0.15) is 24.0 Å². The van der Waals surface area contributed by atoms with Crippen LogP contribution in [0.5, 0.6) is 5.75 Å². The van der Waals surface area contributed by atoms with Crippen LogP contribution >= 0.6 is 0 Å². The van der Waals surface area contributed by atoms with Gasteiger partial charge in [-0.1, -0.05) is 6.07 Å². The molecule has 4 nitrogen and oxygen atoms in total. The summed E-state index contributed by atoms with van der Waals surface area (Å²) in [4.78, 5) is 0. The van der Waals surface area contributed by atoms with E-state index in [-0.39, 0.29) is 6.10 Å². The summed E-state index contributed by atoms with van der Waals surface area (Å²) in [7, 11) is 1.57. The van der Waals surface area contributed by atoms with Gasteiger partial charge in [-0.25, -0.2) is 0 Å². The zero-order chi connectivity index (χ0) is 12.8. The second-order valence-electron chi connectivity index (χ2n) is 4.43. The molecule has 0 aliphatic carbocycles. The predicted octanol–water partition coefficient (Wildman–Crippen LogP) is 1.84. The van der Waals surface area contributed by atoms with Gasteiger partial charge in [0.15, 0.2) is 0 Å². The topological polar surface area (TPSA) is 54.3 Å².